The Hall–Kier alpha value is -2.20. The average Bonchev–Trinajstić information content (AvgIpc) is 2.67. The van der Waals surface area contributed by atoms with Crippen LogP contribution in [0, 0.1) is 6.92 Å². The fraction of sp³-hybridized carbons (Fsp3) is 0.435. The molecule has 1 saturated heterocycles. The van der Waals surface area contributed by atoms with Crippen molar-refractivity contribution in [2.45, 2.75) is 39.7 Å². The van der Waals surface area contributed by atoms with Gasteiger partial charge < -0.3 is 14.5 Å². The highest BCUT2D eigenvalue weighted by Gasteiger charge is 2.27. The van der Waals surface area contributed by atoms with E-state index in [1.165, 1.54) is 0 Å². The number of anilines is 1. The molecule has 0 saturated carbocycles. The van der Waals surface area contributed by atoms with Crippen molar-refractivity contribution in [3.8, 4) is 5.75 Å². The summed E-state index contributed by atoms with van der Waals surface area (Å²) in [4.78, 5) is 17.1. The Balaban J connectivity index is 1.61. The first kappa shape index (κ1) is 20.5. The second-order valence-electron chi connectivity index (χ2n) is 7.75. The van der Waals surface area contributed by atoms with Gasteiger partial charge in [-0.1, -0.05) is 43.6 Å². The van der Waals surface area contributed by atoms with Crippen LogP contribution in [-0.2, 0) is 4.79 Å². The Morgan fingerprint density at radius 1 is 1.04 bits per heavy atom. The van der Waals surface area contributed by atoms with Gasteiger partial charge in [0.2, 0.25) is 0 Å². The zero-order chi connectivity index (χ0) is 20.3. The molecule has 1 amide bonds. The maximum absolute atomic E-state index is 12.9. The van der Waals surface area contributed by atoms with Crippen LogP contribution < -0.4 is 9.64 Å². The Morgan fingerprint density at radius 2 is 1.75 bits per heavy atom. The molecule has 1 fully saturated rings. The van der Waals surface area contributed by atoms with Crippen molar-refractivity contribution < 1.29 is 9.53 Å². The van der Waals surface area contributed by atoms with Gasteiger partial charge >= 0.3 is 0 Å². The maximum atomic E-state index is 12.9. The van der Waals surface area contributed by atoms with E-state index in [4.69, 9.17) is 16.3 Å². The molecule has 3 rings (SSSR count). The first-order chi connectivity index (χ1) is 13.3. The standard InChI is InChI=1S/C23H29ClN2O2/c1-16(2)21-9-8-17(3)14-22(21)28-18(4)23(27)26-12-10-25(11-13-26)20-7-5-6-19(24)15-20/h5-9,14-16,18H,10-13H2,1-4H3/t18-/m1/s1. The first-order valence-electron chi connectivity index (χ1n) is 9.91. The lowest BCUT2D eigenvalue weighted by molar-refractivity contribution is -0.138. The molecule has 0 N–H and O–H groups in total. The molecule has 1 aliphatic heterocycles. The summed E-state index contributed by atoms with van der Waals surface area (Å²) in [6, 6.07) is 14.1. The number of hydrogen-bond acceptors (Lipinski definition) is 3. The molecule has 4 nitrogen and oxygen atoms in total. The zero-order valence-electron chi connectivity index (χ0n) is 17.1. The minimum Gasteiger partial charge on any atom is -0.481 e. The Kier molecular flexibility index (Phi) is 6.50. The van der Waals surface area contributed by atoms with Crippen LogP contribution in [0.25, 0.3) is 0 Å². The van der Waals surface area contributed by atoms with Crippen molar-refractivity contribution in [2.75, 3.05) is 31.1 Å². The highest BCUT2D eigenvalue weighted by atomic mass is 35.5. The third kappa shape index (κ3) is 4.79. The fourth-order valence-electron chi connectivity index (χ4n) is 3.58. The van der Waals surface area contributed by atoms with E-state index < -0.39 is 6.10 Å². The monoisotopic (exact) mass is 400 g/mol. The molecule has 0 spiro atoms. The molecule has 28 heavy (non-hydrogen) atoms. The normalized spacial score (nSPS) is 15.6. The number of piperazine rings is 1. The first-order valence-corrected chi connectivity index (χ1v) is 10.3. The SMILES string of the molecule is Cc1ccc(C(C)C)c(O[C@H](C)C(=O)N2CCN(c3cccc(Cl)c3)CC2)c1. The average molecular weight is 401 g/mol. The van der Waals surface area contributed by atoms with Crippen molar-refractivity contribution in [1.82, 2.24) is 4.90 Å². The number of carbonyl (C=O) groups is 1. The molecule has 0 bridgehead atoms. The molecule has 150 valence electrons. The third-order valence-electron chi connectivity index (χ3n) is 5.21. The summed E-state index contributed by atoms with van der Waals surface area (Å²) in [7, 11) is 0. The molecule has 2 aromatic rings. The summed E-state index contributed by atoms with van der Waals surface area (Å²) in [5.74, 6) is 1.20. The van der Waals surface area contributed by atoms with Crippen molar-refractivity contribution in [2.24, 2.45) is 0 Å². The Bertz CT molecular complexity index is 829. The Labute approximate surface area is 173 Å². The number of ether oxygens (including phenoxy) is 1. The number of benzene rings is 2. The van der Waals surface area contributed by atoms with E-state index in [0.717, 1.165) is 40.7 Å². The van der Waals surface area contributed by atoms with Crippen molar-refractivity contribution in [3.05, 3.63) is 58.6 Å². The highest BCUT2D eigenvalue weighted by Crippen LogP contribution is 2.29. The lowest BCUT2D eigenvalue weighted by atomic mass is 10.0. The van der Waals surface area contributed by atoms with Crippen molar-refractivity contribution >= 4 is 23.2 Å². The van der Waals surface area contributed by atoms with Crippen LogP contribution in [0.4, 0.5) is 5.69 Å². The molecule has 1 heterocycles. The summed E-state index contributed by atoms with van der Waals surface area (Å²) >= 11 is 6.10. The highest BCUT2D eigenvalue weighted by molar-refractivity contribution is 6.30. The molecule has 5 heteroatoms. The van der Waals surface area contributed by atoms with E-state index in [-0.39, 0.29) is 5.91 Å². The summed E-state index contributed by atoms with van der Waals surface area (Å²) in [6.45, 7) is 11.1. The van der Waals surface area contributed by atoms with Crippen molar-refractivity contribution in [1.29, 1.82) is 0 Å². The van der Waals surface area contributed by atoms with Crippen LogP contribution in [0.3, 0.4) is 0 Å². The molecule has 1 aliphatic rings. The minimum absolute atomic E-state index is 0.0435. The van der Waals surface area contributed by atoms with Gasteiger partial charge in [-0.2, -0.15) is 0 Å². The summed E-state index contributed by atoms with van der Waals surface area (Å²) < 4.78 is 6.11. The minimum atomic E-state index is -0.503. The van der Waals surface area contributed by atoms with Gasteiger partial charge in [-0.05, 0) is 55.2 Å². The van der Waals surface area contributed by atoms with E-state index in [1.54, 1.807) is 0 Å². The molecule has 0 unspecified atom stereocenters. The van der Waals surface area contributed by atoms with Crippen LogP contribution in [0.5, 0.6) is 5.75 Å². The zero-order valence-corrected chi connectivity index (χ0v) is 17.9. The molecule has 0 aromatic heterocycles. The van der Waals surface area contributed by atoms with Gasteiger partial charge in [0.1, 0.15) is 5.75 Å². The third-order valence-corrected chi connectivity index (χ3v) is 5.44. The molecule has 0 radical (unpaired) electrons. The second kappa shape index (κ2) is 8.87. The van der Waals surface area contributed by atoms with Gasteiger partial charge in [-0.3, -0.25) is 4.79 Å². The largest absolute Gasteiger partial charge is 0.481 e. The second-order valence-corrected chi connectivity index (χ2v) is 8.18. The molecule has 1 atom stereocenters. The van der Waals surface area contributed by atoms with E-state index in [1.807, 2.05) is 43.0 Å². The number of amides is 1. The van der Waals surface area contributed by atoms with Crippen LogP contribution in [0.2, 0.25) is 5.02 Å². The number of nitrogens with zero attached hydrogens (tertiary/aromatic N) is 2. The predicted octanol–water partition coefficient (Wildman–Crippen LogP) is 4.89. The van der Waals surface area contributed by atoms with Gasteiger partial charge in [-0.25, -0.2) is 0 Å². The van der Waals surface area contributed by atoms with E-state index in [2.05, 4.69) is 36.9 Å². The quantitative estimate of drug-likeness (QED) is 0.716. The topological polar surface area (TPSA) is 32.8 Å². The number of aryl methyl sites for hydroxylation is 1. The molecular weight excluding hydrogens is 372 g/mol. The molecule has 0 aliphatic carbocycles. The predicted molar refractivity (Wildman–Crippen MR) is 116 cm³/mol. The van der Waals surface area contributed by atoms with Gasteiger partial charge in [0.05, 0.1) is 0 Å². The van der Waals surface area contributed by atoms with E-state index in [0.29, 0.717) is 19.0 Å². The summed E-state index contributed by atoms with van der Waals surface area (Å²) in [5.41, 5.74) is 3.37. The van der Waals surface area contributed by atoms with Crippen LogP contribution in [-0.4, -0.2) is 43.1 Å². The maximum Gasteiger partial charge on any atom is 0.263 e. The van der Waals surface area contributed by atoms with Crippen LogP contribution in [0.1, 0.15) is 37.8 Å². The van der Waals surface area contributed by atoms with Gasteiger partial charge in [0.15, 0.2) is 6.10 Å². The number of halogens is 1. The molecule has 2 aromatic carbocycles. The lowest BCUT2D eigenvalue weighted by Gasteiger charge is -2.37. The smallest absolute Gasteiger partial charge is 0.263 e. The Morgan fingerprint density at radius 3 is 2.39 bits per heavy atom. The lowest BCUT2D eigenvalue weighted by Crippen LogP contribution is -2.52. The van der Waals surface area contributed by atoms with E-state index in [9.17, 15) is 4.79 Å². The van der Waals surface area contributed by atoms with E-state index >= 15 is 0 Å². The van der Waals surface area contributed by atoms with Crippen LogP contribution in [0.15, 0.2) is 42.5 Å². The molecular formula is C23H29ClN2O2. The van der Waals surface area contributed by atoms with Crippen molar-refractivity contribution in [3.63, 3.8) is 0 Å². The van der Waals surface area contributed by atoms with Gasteiger partial charge in [0.25, 0.3) is 5.91 Å². The van der Waals surface area contributed by atoms with Crippen LogP contribution >= 0.6 is 11.6 Å². The summed E-state index contributed by atoms with van der Waals surface area (Å²) in [6.07, 6.45) is -0.503. The fourth-order valence-corrected chi connectivity index (χ4v) is 3.76. The number of rotatable bonds is 5. The van der Waals surface area contributed by atoms with Gasteiger partial charge in [-0.15, -0.1) is 0 Å². The summed E-state index contributed by atoms with van der Waals surface area (Å²) in [5, 5.41) is 0.733. The number of carbonyl (C=O) groups excluding carboxylic acids is 1. The number of hydrogen-bond donors (Lipinski definition) is 0. The van der Waals surface area contributed by atoms with Gasteiger partial charge in [0, 0.05) is 36.9 Å².